The second kappa shape index (κ2) is 11.8. The van der Waals surface area contributed by atoms with Crippen LogP contribution in [0.5, 0.6) is 11.5 Å². The number of carbonyl (C=O) groups is 1. The number of para-hydroxylation sites is 1. The van der Waals surface area contributed by atoms with Crippen LogP contribution in [0.25, 0.3) is 6.08 Å². The van der Waals surface area contributed by atoms with Gasteiger partial charge in [0.15, 0.2) is 4.80 Å². The SMILES string of the molecule is CCOC(=O)C1=C(C)N=c2s/c(=C/c3ccc(OCC(C)C)cc3)c(=O)n2[C@@H]1c1ccccc1OC(C)C. The normalized spacial score (nSPS) is 15.5. The number of aromatic nitrogens is 1. The van der Waals surface area contributed by atoms with Crippen molar-refractivity contribution in [3.05, 3.63) is 90.6 Å². The highest BCUT2D eigenvalue weighted by Crippen LogP contribution is 2.36. The van der Waals surface area contributed by atoms with E-state index < -0.39 is 12.0 Å². The van der Waals surface area contributed by atoms with Gasteiger partial charge in [-0.25, -0.2) is 9.79 Å². The second-order valence-corrected chi connectivity index (χ2v) is 10.8. The van der Waals surface area contributed by atoms with Crippen LogP contribution in [0.2, 0.25) is 0 Å². The highest BCUT2D eigenvalue weighted by atomic mass is 32.1. The number of hydrogen-bond acceptors (Lipinski definition) is 7. The lowest BCUT2D eigenvalue weighted by atomic mass is 9.95. The van der Waals surface area contributed by atoms with Crippen molar-refractivity contribution in [2.75, 3.05) is 13.2 Å². The van der Waals surface area contributed by atoms with Gasteiger partial charge in [0.2, 0.25) is 0 Å². The van der Waals surface area contributed by atoms with Crippen LogP contribution < -0.4 is 24.4 Å². The molecule has 7 nitrogen and oxygen atoms in total. The molecule has 1 atom stereocenters. The van der Waals surface area contributed by atoms with Crippen LogP contribution in [0.3, 0.4) is 0 Å². The molecule has 3 aromatic rings. The highest BCUT2D eigenvalue weighted by molar-refractivity contribution is 7.07. The van der Waals surface area contributed by atoms with Crippen molar-refractivity contribution in [3.8, 4) is 11.5 Å². The van der Waals surface area contributed by atoms with E-state index in [2.05, 4.69) is 18.8 Å². The number of hydrogen-bond donors (Lipinski definition) is 0. The molecular formula is C30H34N2O5S. The summed E-state index contributed by atoms with van der Waals surface area (Å²) in [6, 6.07) is 14.4. The lowest BCUT2D eigenvalue weighted by Crippen LogP contribution is -2.40. The van der Waals surface area contributed by atoms with Gasteiger partial charge in [0.25, 0.3) is 5.56 Å². The quantitative estimate of drug-likeness (QED) is 0.375. The standard InChI is InChI=1S/C30H34N2O5S/c1-7-35-29(34)26-20(6)31-30-32(27(26)23-10-8-9-11-24(23)37-19(4)5)28(33)25(38-30)16-21-12-14-22(15-13-21)36-17-18(2)3/h8-16,18-19,27H,7,17H2,1-6H3/b25-16+/t27-/m1/s1. The van der Waals surface area contributed by atoms with Crippen LogP contribution in [0, 0.1) is 5.92 Å². The third-order valence-electron chi connectivity index (χ3n) is 5.85. The Morgan fingerprint density at radius 2 is 1.82 bits per heavy atom. The summed E-state index contributed by atoms with van der Waals surface area (Å²) in [6.07, 6.45) is 1.75. The van der Waals surface area contributed by atoms with Crippen molar-refractivity contribution in [2.45, 2.75) is 53.7 Å². The van der Waals surface area contributed by atoms with E-state index in [1.54, 1.807) is 18.4 Å². The van der Waals surface area contributed by atoms with Crippen molar-refractivity contribution < 1.29 is 19.0 Å². The molecule has 38 heavy (non-hydrogen) atoms. The first-order valence-corrected chi connectivity index (χ1v) is 13.7. The minimum Gasteiger partial charge on any atom is -0.493 e. The predicted molar refractivity (Wildman–Crippen MR) is 149 cm³/mol. The summed E-state index contributed by atoms with van der Waals surface area (Å²) in [5, 5.41) is 0. The Kier molecular flexibility index (Phi) is 8.52. The molecule has 8 heteroatoms. The molecule has 2 aromatic carbocycles. The first-order chi connectivity index (χ1) is 18.2. The Morgan fingerprint density at radius 1 is 1.11 bits per heavy atom. The molecule has 0 spiro atoms. The second-order valence-electron chi connectivity index (χ2n) is 9.78. The van der Waals surface area contributed by atoms with Crippen molar-refractivity contribution in [1.82, 2.24) is 4.57 Å². The molecule has 0 N–H and O–H groups in total. The zero-order chi connectivity index (χ0) is 27.4. The largest absolute Gasteiger partial charge is 0.493 e. The summed E-state index contributed by atoms with van der Waals surface area (Å²) in [6.45, 7) is 12.5. The molecule has 1 aliphatic rings. The maximum Gasteiger partial charge on any atom is 0.338 e. The van der Waals surface area contributed by atoms with Crippen LogP contribution in [-0.4, -0.2) is 29.9 Å². The van der Waals surface area contributed by atoms with Crippen LogP contribution in [-0.2, 0) is 9.53 Å². The van der Waals surface area contributed by atoms with Crippen LogP contribution >= 0.6 is 11.3 Å². The molecule has 1 aromatic heterocycles. The molecule has 0 bridgehead atoms. The van der Waals surface area contributed by atoms with Crippen molar-refractivity contribution in [1.29, 1.82) is 0 Å². The molecule has 0 saturated carbocycles. The monoisotopic (exact) mass is 534 g/mol. The number of esters is 1. The van der Waals surface area contributed by atoms with E-state index in [-0.39, 0.29) is 18.3 Å². The maximum atomic E-state index is 13.9. The van der Waals surface area contributed by atoms with Gasteiger partial charge in [-0.1, -0.05) is 55.5 Å². The number of thiazole rings is 1. The van der Waals surface area contributed by atoms with E-state index in [0.717, 1.165) is 11.3 Å². The Bertz CT molecular complexity index is 1510. The third kappa shape index (κ3) is 5.91. The molecule has 0 fully saturated rings. The van der Waals surface area contributed by atoms with E-state index in [9.17, 15) is 9.59 Å². The van der Waals surface area contributed by atoms with Crippen molar-refractivity contribution >= 4 is 23.4 Å². The van der Waals surface area contributed by atoms with Gasteiger partial charge in [0, 0.05) is 5.56 Å². The van der Waals surface area contributed by atoms with Gasteiger partial charge in [-0.15, -0.1) is 0 Å². The minimum atomic E-state index is -0.728. The lowest BCUT2D eigenvalue weighted by molar-refractivity contribution is -0.139. The van der Waals surface area contributed by atoms with Gasteiger partial charge in [-0.3, -0.25) is 9.36 Å². The molecule has 200 valence electrons. The van der Waals surface area contributed by atoms with Crippen LogP contribution in [0.4, 0.5) is 0 Å². The molecule has 0 radical (unpaired) electrons. The summed E-state index contributed by atoms with van der Waals surface area (Å²) in [5.74, 6) is 1.33. The zero-order valence-corrected chi connectivity index (χ0v) is 23.5. The fourth-order valence-electron chi connectivity index (χ4n) is 4.23. The average Bonchev–Trinajstić information content (AvgIpc) is 3.17. The lowest BCUT2D eigenvalue weighted by Gasteiger charge is -2.26. The van der Waals surface area contributed by atoms with Gasteiger partial charge < -0.3 is 14.2 Å². The predicted octanol–water partition coefficient (Wildman–Crippen LogP) is 4.62. The van der Waals surface area contributed by atoms with Crippen molar-refractivity contribution in [3.63, 3.8) is 0 Å². The van der Waals surface area contributed by atoms with Crippen LogP contribution in [0.15, 0.2) is 69.6 Å². The van der Waals surface area contributed by atoms with E-state index in [1.165, 1.54) is 11.3 Å². The van der Waals surface area contributed by atoms with Gasteiger partial charge in [-0.2, -0.15) is 0 Å². The summed E-state index contributed by atoms with van der Waals surface area (Å²) >= 11 is 1.29. The summed E-state index contributed by atoms with van der Waals surface area (Å²) in [7, 11) is 0. The number of allylic oxidation sites excluding steroid dienone is 1. The highest BCUT2D eigenvalue weighted by Gasteiger charge is 2.35. The molecule has 0 unspecified atom stereocenters. The van der Waals surface area contributed by atoms with Gasteiger partial charge in [0.1, 0.15) is 17.5 Å². The van der Waals surface area contributed by atoms with Crippen LogP contribution in [0.1, 0.15) is 58.7 Å². The average molecular weight is 535 g/mol. The Balaban J connectivity index is 1.85. The molecule has 1 aliphatic heterocycles. The van der Waals surface area contributed by atoms with Gasteiger partial charge >= 0.3 is 5.97 Å². The molecule has 4 rings (SSSR count). The van der Waals surface area contributed by atoms with E-state index >= 15 is 0 Å². The molecule has 2 heterocycles. The first-order valence-electron chi connectivity index (χ1n) is 12.9. The number of carbonyl (C=O) groups excluding carboxylic acids is 1. The zero-order valence-electron chi connectivity index (χ0n) is 22.7. The maximum absolute atomic E-state index is 13.9. The summed E-state index contributed by atoms with van der Waals surface area (Å²) in [4.78, 5) is 32.2. The fourth-order valence-corrected chi connectivity index (χ4v) is 5.27. The Labute approximate surface area is 226 Å². The molecule has 0 aliphatic carbocycles. The van der Waals surface area contributed by atoms with E-state index in [0.29, 0.717) is 44.4 Å². The van der Waals surface area contributed by atoms with Gasteiger partial charge in [-0.05, 0) is 63.5 Å². The Morgan fingerprint density at radius 3 is 2.47 bits per heavy atom. The van der Waals surface area contributed by atoms with E-state index in [4.69, 9.17) is 14.2 Å². The minimum absolute atomic E-state index is 0.0874. The smallest absolute Gasteiger partial charge is 0.338 e. The summed E-state index contributed by atoms with van der Waals surface area (Å²) < 4.78 is 19.4. The van der Waals surface area contributed by atoms with Gasteiger partial charge in [0.05, 0.1) is 35.1 Å². The number of nitrogens with zero attached hydrogens (tertiary/aromatic N) is 2. The van der Waals surface area contributed by atoms with E-state index in [1.807, 2.05) is 68.5 Å². The molecule has 0 amide bonds. The molecule has 0 saturated heterocycles. The topological polar surface area (TPSA) is 79.1 Å². The number of benzene rings is 2. The number of ether oxygens (including phenoxy) is 3. The number of rotatable bonds is 9. The van der Waals surface area contributed by atoms with Crippen molar-refractivity contribution in [2.24, 2.45) is 10.9 Å². The fraction of sp³-hybridized carbons (Fsp3) is 0.367. The number of fused-ring (bicyclic) bond motifs is 1. The summed E-state index contributed by atoms with van der Waals surface area (Å²) in [5.41, 5.74) is 2.20. The molecular weight excluding hydrogens is 500 g/mol. The first kappa shape index (κ1) is 27.4. The Hall–Kier alpha value is -3.65. The third-order valence-corrected chi connectivity index (χ3v) is 6.84.